The van der Waals surface area contributed by atoms with E-state index in [1.165, 1.54) is 4.31 Å². The van der Waals surface area contributed by atoms with Crippen molar-refractivity contribution in [3.8, 4) is 0 Å². The fourth-order valence-corrected chi connectivity index (χ4v) is 3.86. The third-order valence-corrected chi connectivity index (χ3v) is 5.17. The maximum absolute atomic E-state index is 12.3. The van der Waals surface area contributed by atoms with Gasteiger partial charge in [-0.15, -0.1) is 0 Å². The number of nitrogens with zero attached hydrogens (tertiary/aromatic N) is 1. The highest BCUT2D eigenvalue weighted by Gasteiger charge is 2.19. The number of hydrogen-bond acceptors (Lipinski definition) is 3. The molecule has 0 saturated carbocycles. The fraction of sp³-hybridized carbons (Fsp3) is 0.278. The van der Waals surface area contributed by atoms with Crippen molar-refractivity contribution in [3.63, 3.8) is 0 Å². The zero-order valence-corrected chi connectivity index (χ0v) is 16.0. The molecule has 25 heavy (non-hydrogen) atoms. The van der Waals surface area contributed by atoms with E-state index < -0.39 is 10.0 Å². The fourth-order valence-electron chi connectivity index (χ4n) is 2.56. The van der Waals surface area contributed by atoms with Gasteiger partial charge in [-0.2, -0.15) is 0 Å². The summed E-state index contributed by atoms with van der Waals surface area (Å²) in [4.78, 5) is 12.3. The molecule has 0 aliphatic heterocycles. The second-order valence-corrected chi connectivity index (χ2v) is 8.22. The Kier molecular flexibility index (Phi) is 6.08. The van der Waals surface area contributed by atoms with Gasteiger partial charge in [-0.1, -0.05) is 35.9 Å². The molecule has 0 spiro atoms. The Morgan fingerprint density at radius 2 is 1.80 bits per heavy atom. The van der Waals surface area contributed by atoms with Crippen molar-refractivity contribution < 1.29 is 13.2 Å². The molecule has 134 valence electrons. The van der Waals surface area contributed by atoms with E-state index in [9.17, 15) is 13.2 Å². The van der Waals surface area contributed by atoms with Gasteiger partial charge in [0.05, 0.1) is 22.7 Å². The molecule has 0 saturated heterocycles. The highest BCUT2D eigenvalue weighted by Crippen LogP contribution is 2.27. The first kappa shape index (κ1) is 19.3. The van der Waals surface area contributed by atoms with Crippen LogP contribution in [0.2, 0.25) is 5.02 Å². The van der Waals surface area contributed by atoms with Crippen LogP contribution in [0.1, 0.15) is 17.5 Å². The minimum absolute atomic E-state index is 0.0195. The molecule has 0 bridgehead atoms. The summed E-state index contributed by atoms with van der Waals surface area (Å²) >= 11 is 6.19. The Labute approximate surface area is 153 Å². The SMILES string of the molecule is Cc1cc(C)c(NC(=O)CCN(c2ccccc2)S(C)(=O)=O)c(Cl)c1. The average molecular weight is 381 g/mol. The Morgan fingerprint density at radius 1 is 1.16 bits per heavy atom. The summed E-state index contributed by atoms with van der Waals surface area (Å²) in [5, 5.41) is 3.24. The summed E-state index contributed by atoms with van der Waals surface area (Å²) in [5.74, 6) is -0.293. The topological polar surface area (TPSA) is 66.5 Å². The lowest BCUT2D eigenvalue weighted by Gasteiger charge is -2.22. The van der Waals surface area contributed by atoms with Crippen LogP contribution in [0.4, 0.5) is 11.4 Å². The summed E-state index contributed by atoms with van der Waals surface area (Å²) in [6.07, 6.45) is 1.14. The summed E-state index contributed by atoms with van der Waals surface area (Å²) < 4.78 is 25.3. The molecule has 2 rings (SSSR count). The second-order valence-electron chi connectivity index (χ2n) is 5.91. The molecule has 1 amide bonds. The van der Waals surface area contributed by atoms with Crippen LogP contribution in [0.5, 0.6) is 0 Å². The molecule has 0 fully saturated rings. The van der Waals surface area contributed by atoms with Crippen LogP contribution in [0.25, 0.3) is 0 Å². The molecule has 1 N–H and O–H groups in total. The molecule has 0 aliphatic carbocycles. The van der Waals surface area contributed by atoms with Crippen molar-refractivity contribution in [3.05, 3.63) is 58.6 Å². The first-order valence-corrected chi connectivity index (χ1v) is 10.0. The van der Waals surface area contributed by atoms with Crippen molar-refractivity contribution in [1.82, 2.24) is 0 Å². The van der Waals surface area contributed by atoms with Gasteiger partial charge in [-0.25, -0.2) is 8.42 Å². The largest absolute Gasteiger partial charge is 0.324 e. The van der Waals surface area contributed by atoms with E-state index in [0.29, 0.717) is 16.4 Å². The zero-order valence-electron chi connectivity index (χ0n) is 14.4. The number of halogens is 1. The van der Waals surface area contributed by atoms with Gasteiger partial charge in [0.25, 0.3) is 0 Å². The third-order valence-electron chi connectivity index (χ3n) is 3.68. The molecule has 0 aromatic heterocycles. The number of carbonyl (C=O) groups excluding carboxylic acids is 1. The molecule has 2 aromatic rings. The maximum atomic E-state index is 12.3. The molecular weight excluding hydrogens is 360 g/mol. The van der Waals surface area contributed by atoms with Gasteiger partial charge in [0.2, 0.25) is 15.9 Å². The molecule has 7 heteroatoms. The average Bonchev–Trinajstić information content (AvgIpc) is 2.51. The molecule has 0 heterocycles. The Bertz CT molecular complexity index is 844. The van der Waals surface area contributed by atoms with E-state index in [-0.39, 0.29) is 18.9 Å². The highest BCUT2D eigenvalue weighted by molar-refractivity contribution is 7.92. The van der Waals surface area contributed by atoms with Crippen LogP contribution in [-0.2, 0) is 14.8 Å². The number of amides is 1. The van der Waals surface area contributed by atoms with Crippen LogP contribution in [-0.4, -0.2) is 27.1 Å². The minimum atomic E-state index is -3.48. The quantitative estimate of drug-likeness (QED) is 0.829. The van der Waals surface area contributed by atoms with E-state index >= 15 is 0 Å². The van der Waals surface area contributed by atoms with Crippen molar-refractivity contribution >= 4 is 38.9 Å². The van der Waals surface area contributed by atoms with E-state index in [0.717, 1.165) is 17.4 Å². The Morgan fingerprint density at radius 3 is 2.36 bits per heavy atom. The maximum Gasteiger partial charge on any atom is 0.232 e. The van der Waals surface area contributed by atoms with Crippen molar-refractivity contribution in [1.29, 1.82) is 0 Å². The van der Waals surface area contributed by atoms with Gasteiger partial charge in [0, 0.05) is 13.0 Å². The van der Waals surface area contributed by atoms with Crippen molar-refractivity contribution in [2.24, 2.45) is 0 Å². The summed E-state index contributed by atoms with van der Waals surface area (Å²) in [6, 6.07) is 12.4. The number of rotatable bonds is 6. The number of para-hydroxylation sites is 1. The number of sulfonamides is 1. The monoisotopic (exact) mass is 380 g/mol. The van der Waals surface area contributed by atoms with Gasteiger partial charge in [-0.3, -0.25) is 9.10 Å². The molecule has 0 aliphatic rings. The Balaban J connectivity index is 2.10. The van der Waals surface area contributed by atoms with Crippen LogP contribution in [0, 0.1) is 13.8 Å². The molecule has 2 aromatic carbocycles. The van der Waals surface area contributed by atoms with E-state index in [2.05, 4.69) is 5.32 Å². The molecule has 0 atom stereocenters. The lowest BCUT2D eigenvalue weighted by Crippen LogP contribution is -2.33. The number of aryl methyl sites for hydroxylation is 2. The van der Waals surface area contributed by atoms with E-state index in [1.807, 2.05) is 19.9 Å². The third kappa shape index (κ3) is 5.21. The van der Waals surface area contributed by atoms with Crippen LogP contribution >= 0.6 is 11.6 Å². The molecule has 0 radical (unpaired) electrons. The van der Waals surface area contributed by atoms with Gasteiger partial charge in [-0.05, 0) is 43.2 Å². The van der Waals surface area contributed by atoms with Crippen LogP contribution < -0.4 is 9.62 Å². The Hall–Kier alpha value is -2.05. The molecule has 0 unspecified atom stereocenters. The summed E-state index contributed by atoms with van der Waals surface area (Å²) in [7, 11) is -3.48. The van der Waals surface area contributed by atoms with Gasteiger partial charge < -0.3 is 5.32 Å². The number of benzene rings is 2. The molecular formula is C18H21ClN2O3S. The highest BCUT2D eigenvalue weighted by atomic mass is 35.5. The first-order chi connectivity index (χ1) is 11.7. The lowest BCUT2D eigenvalue weighted by atomic mass is 10.1. The van der Waals surface area contributed by atoms with E-state index in [1.54, 1.807) is 36.4 Å². The van der Waals surface area contributed by atoms with Gasteiger partial charge in [0.15, 0.2) is 0 Å². The first-order valence-electron chi connectivity index (χ1n) is 7.78. The smallest absolute Gasteiger partial charge is 0.232 e. The number of hydrogen-bond donors (Lipinski definition) is 1. The van der Waals surface area contributed by atoms with Gasteiger partial charge in [0.1, 0.15) is 0 Å². The summed E-state index contributed by atoms with van der Waals surface area (Å²) in [5.41, 5.74) is 2.96. The van der Waals surface area contributed by atoms with Crippen molar-refractivity contribution in [2.75, 3.05) is 22.4 Å². The van der Waals surface area contributed by atoms with Crippen LogP contribution in [0.3, 0.4) is 0 Å². The lowest BCUT2D eigenvalue weighted by molar-refractivity contribution is -0.116. The van der Waals surface area contributed by atoms with Crippen molar-refractivity contribution in [2.45, 2.75) is 20.3 Å². The standard InChI is InChI=1S/C18H21ClN2O3S/c1-13-11-14(2)18(16(19)12-13)20-17(22)9-10-21(25(3,23)24)15-7-5-4-6-8-15/h4-8,11-12H,9-10H2,1-3H3,(H,20,22). The second kappa shape index (κ2) is 7.89. The minimum Gasteiger partial charge on any atom is -0.324 e. The molecule has 5 nitrogen and oxygen atoms in total. The van der Waals surface area contributed by atoms with Gasteiger partial charge >= 0.3 is 0 Å². The van der Waals surface area contributed by atoms with E-state index in [4.69, 9.17) is 11.6 Å². The number of anilines is 2. The summed E-state index contributed by atoms with van der Waals surface area (Å²) in [6.45, 7) is 3.84. The normalized spacial score (nSPS) is 11.2. The zero-order chi connectivity index (χ0) is 18.6. The van der Waals surface area contributed by atoms with Crippen LogP contribution in [0.15, 0.2) is 42.5 Å². The predicted molar refractivity (Wildman–Crippen MR) is 103 cm³/mol. The number of nitrogens with one attached hydrogen (secondary N) is 1. The predicted octanol–water partition coefficient (Wildman–Crippen LogP) is 3.75. The number of carbonyl (C=O) groups is 1.